The van der Waals surface area contributed by atoms with Crippen LogP contribution in [0.5, 0.6) is 0 Å². The molecule has 0 radical (unpaired) electrons. The van der Waals surface area contributed by atoms with E-state index in [0.717, 1.165) is 12.1 Å². The molecule has 1 unspecified atom stereocenters. The second-order valence-corrected chi connectivity index (χ2v) is 6.05. The van der Waals surface area contributed by atoms with Crippen LogP contribution in [0, 0.1) is 5.41 Å². The van der Waals surface area contributed by atoms with Gasteiger partial charge in [0.25, 0.3) is 0 Å². The van der Waals surface area contributed by atoms with Gasteiger partial charge in [-0.3, -0.25) is 4.68 Å². The van der Waals surface area contributed by atoms with Crippen molar-refractivity contribution >= 4 is 0 Å². The molecule has 0 amide bonds. The zero-order chi connectivity index (χ0) is 12.5. The molecule has 1 fully saturated rings. The van der Waals surface area contributed by atoms with E-state index in [2.05, 4.69) is 38.1 Å². The maximum atomic E-state index is 6.38. The molecule has 1 aliphatic carbocycles. The van der Waals surface area contributed by atoms with Crippen LogP contribution in [0.25, 0.3) is 0 Å². The number of hydrogen-bond acceptors (Lipinski definition) is 2. The van der Waals surface area contributed by atoms with E-state index in [4.69, 9.17) is 5.73 Å². The lowest BCUT2D eigenvalue weighted by atomic mass is 9.79. The van der Waals surface area contributed by atoms with Gasteiger partial charge < -0.3 is 5.73 Å². The van der Waals surface area contributed by atoms with Crippen LogP contribution in [0.3, 0.4) is 0 Å². The zero-order valence-corrected chi connectivity index (χ0v) is 11.3. The molecule has 1 aromatic heterocycles. The van der Waals surface area contributed by atoms with Gasteiger partial charge in [-0.05, 0) is 38.2 Å². The van der Waals surface area contributed by atoms with Gasteiger partial charge in [0.15, 0.2) is 0 Å². The number of nitrogens with zero attached hydrogens (tertiary/aromatic N) is 2. The van der Waals surface area contributed by atoms with Crippen molar-refractivity contribution in [2.24, 2.45) is 11.1 Å². The standard InChI is InChI=1S/C14H25N3/c1-11(2)17-9-6-12(16-17)10-13(15)14(3)7-4-5-8-14/h6,9,11,13H,4-5,7-8,10,15H2,1-3H3. The fraction of sp³-hybridized carbons (Fsp3) is 0.786. The molecule has 2 rings (SSSR count). The van der Waals surface area contributed by atoms with Crippen molar-refractivity contribution < 1.29 is 0 Å². The van der Waals surface area contributed by atoms with Crippen LogP contribution >= 0.6 is 0 Å². The summed E-state index contributed by atoms with van der Waals surface area (Å²) in [6, 6.07) is 2.79. The molecule has 1 atom stereocenters. The lowest BCUT2D eigenvalue weighted by molar-refractivity contribution is 0.258. The molecule has 0 bridgehead atoms. The number of nitrogens with two attached hydrogens (primary N) is 1. The van der Waals surface area contributed by atoms with Crippen molar-refractivity contribution in [1.29, 1.82) is 0 Å². The van der Waals surface area contributed by atoms with Crippen LogP contribution in [-0.4, -0.2) is 15.8 Å². The molecule has 0 spiro atoms. The Bertz CT molecular complexity index is 361. The molecule has 96 valence electrons. The van der Waals surface area contributed by atoms with Crippen molar-refractivity contribution in [2.75, 3.05) is 0 Å². The fourth-order valence-electron chi connectivity index (χ4n) is 2.80. The Morgan fingerprint density at radius 2 is 2.06 bits per heavy atom. The van der Waals surface area contributed by atoms with Crippen LogP contribution in [0.4, 0.5) is 0 Å². The number of hydrogen-bond donors (Lipinski definition) is 1. The second kappa shape index (κ2) is 4.81. The molecule has 1 aliphatic rings. The molecule has 3 nitrogen and oxygen atoms in total. The Kier molecular flexibility index (Phi) is 3.57. The molecule has 0 aromatic carbocycles. The minimum atomic E-state index is 0.250. The Labute approximate surface area is 104 Å². The van der Waals surface area contributed by atoms with E-state index in [1.807, 2.05) is 4.68 Å². The topological polar surface area (TPSA) is 43.8 Å². The summed E-state index contributed by atoms with van der Waals surface area (Å²) in [4.78, 5) is 0. The van der Waals surface area contributed by atoms with E-state index in [-0.39, 0.29) is 6.04 Å². The van der Waals surface area contributed by atoms with Gasteiger partial charge in [-0.1, -0.05) is 19.8 Å². The Balaban J connectivity index is 1.99. The summed E-state index contributed by atoms with van der Waals surface area (Å²) < 4.78 is 2.01. The van der Waals surface area contributed by atoms with Gasteiger partial charge >= 0.3 is 0 Å². The lowest BCUT2D eigenvalue weighted by Crippen LogP contribution is -2.39. The van der Waals surface area contributed by atoms with Crippen LogP contribution < -0.4 is 5.73 Å². The summed E-state index contributed by atoms with van der Waals surface area (Å²) in [6.07, 6.45) is 8.20. The summed E-state index contributed by atoms with van der Waals surface area (Å²) in [6.45, 7) is 6.63. The van der Waals surface area contributed by atoms with E-state index in [0.29, 0.717) is 11.5 Å². The number of aromatic nitrogens is 2. The normalized spacial score (nSPS) is 21.0. The van der Waals surface area contributed by atoms with Gasteiger partial charge in [0.05, 0.1) is 5.69 Å². The van der Waals surface area contributed by atoms with Crippen molar-refractivity contribution in [2.45, 2.75) is 65.0 Å². The predicted octanol–water partition coefficient (Wildman–Crippen LogP) is 2.91. The Morgan fingerprint density at radius 1 is 1.41 bits per heavy atom. The van der Waals surface area contributed by atoms with E-state index in [9.17, 15) is 0 Å². The highest BCUT2D eigenvalue weighted by Crippen LogP contribution is 2.40. The first-order valence-electron chi connectivity index (χ1n) is 6.81. The first kappa shape index (κ1) is 12.6. The van der Waals surface area contributed by atoms with Gasteiger partial charge in [0, 0.05) is 24.7 Å². The summed E-state index contributed by atoms with van der Waals surface area (Å²) >= 11 is 0. The highest BCUT2D eigenvalue weighted by atomic mass is 15.3. The SMILES string of the molecule is CC(C)n1ccc(CC(N)C2(C)CCCC2)n1. The van der Waals surface area contributed by atoms with Crippen LogP contribution in [0.1, 0.15) is 58.2 Å². The molecule has 0 saturated heterocycles. The largest absolute Gasteiger partial charge is 0.327 e. The molecule has 2 N–H and O–H groups in total. The molecule has 1 saturated carbocycles. The zero-order valence-electron chi connectivity index (χ0n) is 11.3. The van der Waals surface area contributed by atoms with Crippen LogP contribution in [-0.2, 0) is 6.42 Å². The van der Waals surface area contributed by atoms with E-state index >= 15 is 0 Å². The van der Waals surface area contributed by atoms with E-state index < -0.39 is 0 Å². The first-order valence-corrected chi connectivity index (χ1v) is 6.81. The van der Waals surface area contributed by atoms with E-state index in [1.165, 1.54) is 25.7 Å². The third-order valence-corrected chi connectivity index (χ3v) is 4.26. The summed E-state index contributed by atoms with van der Waals surface area (Å²) in [5.74, 6) is 0. The molecular formula is C14H25N3. The van der Waals surface area contributed by atoms with Crippen molar-refractivity contribution in [1.82, 2.24) is 9.78 Å². The van der Waals surface area contributed by atoms with Crippen molar-refractivity contribution in [3.8, 4) is 0 Å². The van der Waals surface area contributed by atoms with E-state index in [1.54, 1.807) is 0 Å². The maximum Gasteiger partial charge on any atom is 0.0640 e. The van der Waals surface area contributed by atoms with Gasteiger partial charge in [-0.25, -0.2) is 0 Å². The van der Waals surface area contributed by atoms with Crippen molar-refractivity contribution in [3.63, 3.8) is 0 Å². The van der Waals surface area contributed by atoms with Gasteiger partial charge in [-0.15, -0.1) is 0 Å². The Hall–Kier alpha value is -0.830. The maximum absolute atomic E-state index is 6.38. The van der Waals surface area contributed by atoms with Crippen LogP contribution in [0.2, 0.25) is 0 Å². The number of rotatable bonds is 4. The summed E-state index contributed by atoms with van der Waals surface area (Å²) in [5, 5.41) is 4.59. The quantitative estimate of drug-likeness (QED) is 0.872. The summed E-state index contributed by atoms with van der Waals surface area (Å²) in [7, 11) is 0. The minimum absolute atomic E-state index is 0.250. The van der Waals surface area contributed by atoms with Gasteiger partial charge in [0.1, 0.15) is 0 Å². The Morgan fingerprint density at radius 3 is 2.59 bits per heavy atom. The first-order chi connectivity index (χ1) is 8.01. The monoisotopic (exact) mass is 235 g/mol. The molecule has 0 aliphatic heterocycles. The fourth-order valence-corrected chi connectivity index (χ4v) is 2.80. The highest BCUT2D eigenvalue weighted by Gasteiger charge is 2.34. The average molecular weight is 235 g/mol. The van der Waals surface area contributed by atoms with Gasteiger partial charge in [-0.2, -0.15) is 5.10 Å². The lowest BCUT2D eigenvalue weighted by Gasteiger charge is -2.30. The molecule has 17 heavy (non-hydrogen) atoms. The summed E-state index contributed by atoms with van der Waals surface area (Å²) in [5.41, 5.74) is 7.85. The molecule has 3 heteroatoms. The third-order valence-electron chi connectivity index (χ3n) is 4.26. The minimum Gasteiger partial charge on any atom is -0.327 e. The highest BCUT2D eigenvalue weighted by molar-refractivity contribution is 5.05. The molecule has 1 heterocycles. The predicted molar refractivity (Wildman–Crippen MR) is 70.9 cm³/mol. The van der Waals surface area contributed by atoms with Crippen LogP contribution in [0.15, 0.2) is 12.3 Å². The molecular weight excluding hydrogens is 210 g/mol. The second-order valence-electron chi connectivity index (χ2n) is 6.05. The average Bonchev–Trinajstić information content (AvgIpc) is 2.88. The van der Waals surface area contributed by atoms with Crippen molar-refractivity contribution in [3.05, 3.63) is 18.0 Å². The molecule has 1 aromatic rings. The van der Waals surface area contributed by atoms with Gasteiger partial charge in [0.2, 0.25) is 0 Å². The third kappa shape index (κ3) is 2.71. The smallest absolute Gasteiger partial charge is 0.0640 e.